The topological polar surface area (TPSA) is 95.9 Å². The lowest BCUT2D eigenvalue weighted by atomic mass is 10.0. The van der Waals surface area contributed by atoms with Crippen molar-refractivity contribution in [1.82, 2.24) is 5.32 Å². The average Bonchev–Trinajstić information content (AvgIpc) is 3.33. The maximum Gasteiger partial charge on any atom is 0.306 e. The van der Waals surface area contributed by atoms with Gasteiger partial charge in [-0.3, -0.25) is 9.59 Å². The molecule has 0 heterocycles. The van der Waals surface area contributed by atoms with Gasteiger partial charge in [-0.2, -0.15) is 0 Å². The number of aliphatic hydroxyl groups excluding tert-OH is 2. The van der Waals surface area contributed by atoms with Gasteiger partial charge in [-0.15, -0.1) is 0 Å². The first-order chi connectivity index (χ1) is 33.5. The van der Waals surface area contributed by atoms with Crippen molar-refractivity contribution in [3.63, 3.8) is 0 Å². The van der Waals surface area contributed by atoms with Crippen LogP contribution in [-0.2, 0) is 14.3 Å². The summed E-state index contributed by atoms with van der Waals surface area (Å²) in [5.74, 6) is -0.499. The molecule has 0 radical (unpaired) electrons. The van der Waals surface area contributed by atoms with E-state index in [0.29, 0.717) is 19.3 Å². The number of ether oxygens (including phenoxy) is 1. The van der Waals surface area contributed by atoms with Crippen LogP contribution < -0.4 is 5.32 Å². The number of nitrogens with one attached hydrogen (secondary N) is 1. The second-order valence-electron chi connectivity index (χ2n) is 20.0. The maximum atomic E-state index is 13.3. The highest BCUT2D eigenvalue weighted by atomic mass is 16.5. The molecule has 6 nitrogen and oxygen atoms in total. The summed E-state index contributed by atoms with van der Waals surface area (Å²) in [5.41, 5.74) is 0. The lowest BCUT2D eigenvalue weighted by Crippen LogP contribution is -2.46. The molecule has 0 aromatic rings. The zero-order chi connectivity index (χ0) is 49.5. The van der Waals surface area contributed by atoms with Gasteiger partial charge in [0, 0.05) is 6.42 Å². The molecule has 3 atom stereocenters. The van der Waals surface area contributed by atoms with Gasteiger partial charge in [0.1, 0.15) is 6.10 Å². The summed E-state index contributed by atoms with van der Waals surface area (Å²) in [6.45, 7) is 6.40. The van der Waals surface area contributed by atoms with E-state index in [1.807, 2.05) is 0 Å². The van der Waals surface area contributed by atoms with Crippen LogP contribution in [0.2, 0.25) is 0 Å². The fraction of sp³-hybridized carbons (Fsp3) is 0.806. The molecule has 396 valence electrons. The number of aliphatic hydroxyl groups is 2. The van der Waals surface area contributed by atoms with Gasteiger partial charge in [-0.25, -0.2) is 0 Å². The third-order valence-electron chi connectivity index (χ3n) is 13.4. The molecular weight excluding hydrogens is 839 g/mol. The van der Waals surface area contributed by atoms with Gasteiger partial charge in [0.25, 0.3) is 0 Å². The Morgan fingerprint density at radius 1 is 0.441 bits per heavy atom. The monoisotopic (exact) mass is 952 g/mol. The van der Waals surface area contributed by atoms with E-state index in [2.05, 4.69) is 86.8 Å². The number of esters is 1. The van der Waals surface area contributed by atoms with Crippen LogP contribution in [0.15, 0.2) is 60.8 Å². The van der Waals surface area contributed by atoms with E-state index in [-0.39, 0.29) is 24.9 Å². The molecule has 0 rings (SSSR count). The SMILES string of the molecule is CC/C=C\C/C=C\C/C=C\C/C=C\C/C=C\CCCCCC(=O)OC(CCCCCCCCCCCCCCCCCC)CC(=O)NC(CO)C(O)CCCCCCCCCCCCCCCC. The summed E-state index contributed by atoms with van der Waals surface area (Å²) in [4.78, 5) is 26.3. The smallest absolute Gasteiger partial charge is 0.306 e. The fourth-order valence-electron chi connectivity index (χ4n) is 8.93. The number of amides is 1. The standard InChI is InChI=1S/C62H113NO5/c1-4-7-10-13-16-19-22-25-28-30-31-32-34-37-40-43-46-49-52-55-62(67)68-58(53-50-47-44-41-38-35-33-29-26-23-20-17-14-11-8-5-2)56-61(66)63-59(57-64)60(65)54-51-48-45-42-39-36-27-24-21-18-15-12-9-6-3/h7,10,16,19,25,28,31-32,37,40,58-60,64-65H,4-6,8-9,11-15,17-18,20-24,26-27,29-30,33-36,38-39,41-57H2,1-3H3,(H,63,66)/b10-7-,19-16-,28-25-,32-31-,40-37-. The zero-order valence-electron chi connectivity index (χ0n) is 45.2. The van der Waals surface area contributed by atoms with Gasteiger partial charge in [-0.1, -0.05) is 274 Å². The van der Waals surface area contributed by atoms with Gasteiger partial charge in [0.15, 0.2) is 0 Å². The maximum absolute atomic E-state index is 13.3. The van der Waals surface area contributed by atoms with Crippen LogP contribution in [0.4, 0.5) is 0 Å². The predicted molar refractivity (Wildman–Crippen MR) is 296 cm³/mol. The molecule has 1 amide bonds. The van der Waals surface area contributed by atoms with Crippen LogP contribution in [0.5, 0.6) is 0 Å². The van der Waals surface area contributed by atoms with Crippen LogP contribution in [0.1, 0.15) is 297 Å². The minimum Gasteiger partial charge on any atom is -0.462 e. The third kappa shape index (κ3) is 50.0. The minimum absolute atomic E-state index is 0.0661. The predicted octanol–water partition coefficient (Wildman–Crippen LogP) is 18.4. The highest BCUT2D eigenvalue weighted by molar-refractivity contribution is 5.77. The summed E-state index contributed by atoms with van der Waals surface area (Å²) in [6.07, 6.45) is 70.0. The molecule has 3 N–H and O–H groups in total. The van der Waals surface area contributed by atoms with Crippen molar-refractivity contribution in [2.24, 2.45) is 0 Å². The first-order valence-corrected chi connectivity index (χ1v) is 29.5. The molecule has 68 heavy (non-hydrogen) atoms. The van der Waals surface area contributed by atoms with Gasteiger partial charge in [0.2, 0.25) is 5.91 Å². The van der Waals surface area contributed by atoms with Crippen LogP contribution in [0, 0.1) is 0 Å². The number of rotatable bonds is 53. The zero-order valence-corrected chi connectivity index (χ0v) is 45.2. The summed E-state index contributed by atoms with van der Waals surface area (Å²) in [5, 5.41) is 23.9. The Labute approximate surface area is 422 Å². The molecule has 0 spiro atoms. The second kappa shape index (κ2) is 55.5. The van der Waals surface area contributed by atoms with Crippen molar-refractivity contribution in [3.05, 3.63) is 60.8 Å². The largest absolute Gasteiger partial charge is 0.462 e. The van der Waals surface area contributed by atoms with Crippen LogP contribution in [0.3, 0.4) is 0 Å². The fourth-order valence-corrected chi connectivity index (χ4v) is 8.93. The molecule has 0 aromatic carbocycles. The normalized spacial score (nSPS) is 13.5. The number of allylic oxidation sites excluding steroid dienone is 10. The van der Waals surface area contributed by atoms with Crippen molar-refractivity contribution in [2.45, 2.75) is 315 Å². The molecule has 0 fully saturated rings. The van der Waals surface area contributed by atoms with Crippen molar-refractivity contribution >= 4 is 11.9 Å². The number of carbonyl (C=O) groups excluding carboxylic acids is 2. The number of hydrogen-bond donors (Lipinski definition) is 3. The lowest BCUT2D eigenvalue weighted by Gasteiger charge is -2.24. The van der Waals surface area contributed by atoms with E-state index >= 15 is 0 Å². The first kappa shape index (κ1) is 65.6. The summed E-state index contributed by atoms with van der Waals surface area (Å²) >= 11 is 0. The van der Waals surface area contributed by atoms with Crippen molar-refractivity contribution in [1.29, 1.82) is 0 Å². The second-order valence-corrected chi connectivity index (χ2v) is 20.0. The van der Waals surface area contributed by atoms with Gasteiger partial charge in [0.05, 0.1) is 25.2 Å². The van der Waals surface area contributed by atoms with E-state index < -0.39 is 18.2 Å². The molecule has 6 heteroatoms. The van der Waals surface area contributed by atoms with Crippen LogP contribution >= 0.6 is 0 Å². The summed E-state index contributed by atoms with van der Waals surface area (Å²) in [7, 11) is 0. The molecule has 0 saturated carbocycles. The molecule has 0 saturated heterocycles. The third-order valence-corrected chi connectivity index (χ3v) is 13.4. The first-order valence-electron chi connectivity index (χ1n) is 29.5. The Bertz CT molecular complexity index is 1210. The lowest BCUT2D eigenvalue weighted by molar-refractivity contribution is -0.151. The van der Waals surface area contributed by atoms with Gasteiger partial charge in [-0.05, 0) is 70.6 Å². The number of unbranched alkanes of at least 4 members (excludes halogenated alkanes) is 31. The van der Waals surface area contributed by atoms with Crippen molar-refractivity contribution < 1.29 is 24.5 Å². The molecule has 0 aliphatic heterocycles. The molecule has 0 aliphatic carbocycles. The van der Waals surface area contributed by atoms with Crippen LogP contribution in [0.25, 0.3) is 0 Å². The van der Waals surface area contributed by atoms with Gasteiger partial charge >= 0.3 is 5.97 Å². The minimum atomic E-state index is -0.794. The Hall–Kier alpha value is -2.44. The Morgan fingerprint density at radius 2 is 0.794 bits per heavy atom. The van der Waals surface area contributed by atoms with Gasteiger partial charge < -0.3 is 20.3 Å². The molecule has 3 unspecified atom stereocenters. The van der Waals surface area contributed by atoms with E-state index in [4.69, 9.17) is 4.74 Å². The molecular formula is C62H113NO5. The Morgan fingerprint density at radius 3 is 1.19 bits per heavy atom. The highest BCUT2D eigenvalue weighted by Gasteiger charge is 2.24. The van der Waals surface area contributed by atoms with E-state index in [9.17, 15) is 19.8 Å². The molecule has 0 aromatic heterocycles. The van der Waals surface area contributed by atoms with E-state index in [0.717, 1.165) is 89.9 Å². The van der Waals surface area contributed by atoms with Crippen molar-refractivity contribution in [3.8, 4) is 0 Å². The number of hydrogen-bond acceptors (Lipinski definition) is 5. The quantitative estimate of drug-likeness (QED) is 0.0321. The summed E-state index contributed by atoms with van der Waals surface area (Å²) in [6, 6.07) is -0.709. The summed E-state index contributed by atoms with van der Waals surface area (Å²) < 4.78 is 5.96. The molecule has 0 bridgehead atoms. The van der Waals surface area contributed by atoms with Crippen LogP contribution in [-0.4, -0.2) is 46.9 Å². The van der Waals surface area contributed by atoms with E-state index in [1.54, 1.807) is 0 Å². The Balaban J connectivity index is 4.60. The van der Waals surface area contributed by atoms with E-state index in [1.165, 1.54) is 161 Å². The number of carbonyl (C=O) groups is 2. The van der Waals surface area contributed by atoms with Crippen molar-refractivity contribution in [2.75, 3.05) is 6.61 Å². The molecule has 0 aliphatic rings. The highest BCUT2D eigenvalue weighted by Crippen LogP contribution is 2.19. The Kier molecular flexibility index (Phi) is 53.5. The average molecular weight is 953 g/mol.